The maximum absolute atomic E-state index is 4.16. The second-order valence-electron chi connectivity index (χ2n) is 4.71. The first kappa shape index (κ1) is 8.53. The van der Waals surface area contributed by atoms with Crippen LogP contribution in [0.25, 0.3) is 0 Å². The maximum atomic E-state index is 4.16. The van der Waals surface area contributed by atoms with Crippen molar-refractivity contribution in [3.05, 3.63) is 6.33 Å². The van der Waals surface area contributed by atoms with Crippen molar-refractivity contribution in [3.8, 4) is 0 Å². The molecule has 1 N–H and O–H groups in total. The molecular weight excluding hydrogens is 164 g/mol. The third-order valence-corrected chi connectivity index (χ3v) is 2.74. The summed E-state index contributed by atoms with van der Waals surface area (Å²) in [7, 11) is 0. The van der Waals surface area contributed by atoms with Crippen molar-refractivity contribution >= 4 is 5.95 Å². The van der Waals surface area contributed by atoms with Crippen molar-refractivity contribution in [2.24, 2.45) is 11.3 Å². The van der Waals surface area contributed by atoms with Gasteiger partial charge in [0.05, 0.1) is 0 Å². The third-order valence-electron chi connectivity index (χ3n) is 2.74. The molecule has 72 valence electrons. The number of hydrogen-bond donors (Lipinski definition) is 1. The van der Waals surface area contributed by atoms with Crippen LogP contribution in [0.15, 0.2) is 6.33 Å². The number of nitrogens with one attached hydrogen (secondary N) is 1. The first-order chi connectivity index (χ1) is 6.07. The van der Waals surface area contributed by atoms with Crippen LogP contribution in [0.5, 0.6) is 0 Å². The molecule has 4 nitrogen and oxygen atoms in total. The Morgan fingerprint density at radius 2 is 2.31 bits per heavy atom. The Balaban J connectivity index is 2.18. The minimum atomic E-state index is 0.330. The predicted octanol–water partition coefficient (Wildman–Crippen LogP) is 1.37. The van der Waals surface area contributed by atoms with Crippen LogP contribution < -0.4 is 5.32 Å². The van der Waals surface area contributed by atoms with Gasteiger partial charge in [-0.1, -0.05) is 20.8 Å². The first-order valence-electron chi connectivity index (χ1n) is 4.69. The van der Waals surface area contributed by atoms with Crippen molar-refractivity contribution in [1.29, 1.82) is 0 Å². The molecule has 0 saturated heterocycles. The number of hydrogen-bond acceptors (Lipinski definition) is 3. The molecule has 0 spiro atoms. The minimum absolute atomic E-state index is 0.330. The van der Waals surface area contributed by atoms with Crippen LogP contribution in [-0.4, -0.2) is 21.3 Å². The van der Waals surface area contributed by atoms with Gasteiger partial charge in [-0.15, -0.1) is 0 Å². The van der Waals surface area contributed by atoms with Crippen LogP contribution in [0, 0.1) is 11.3 Å². The molecule has 13 heavy (non-hydrogen) atoms. The van der Waals surface area contributed by atoms with Crippen molar-refractivity contribution in [3.63, 3.8) is 0 Å². The van der Waals surface area contributed by atoms with Gasteiger partial charge in [0, 0.05) is 19.0 Å². The van der Waals surface area contributed by atoms with E-state index in [0.717, 1.165) is 19.0 Å². The standard InChI is InChI=1S/C9H16N4/c1-9(2,3)7-4-10-8-11-6-12-13(8)5-7/h6-7H,4-5H2,1-3H3,(H,10,11,12). The molecule has 1 atom stereocenters. The minimum Gasteiger partial charge on any atom is -0.354 e. The zero-order valence-electron chi connectivity index (χ0n) is 8.41. The summed E-state index contributed by atoms with van der Waals surface area (Å²) in [5.74, 6) is 1.53. The highest BCUT2D eigenvalue weighted by molar-refractivity contribution is 5.25. The number of nitrogens with zero attached hydrogens (tertiary/aromatic N) is 3. The van der Waals surface area contributed by atoms with Gasteiger partial charge in [-0.2, -0.15) is 10.1 Å². The lowest BCUT2D eigenvalue weighted by Crippen LogP contribution is -2.36. The van der Waals surface area contributed by atoms with Gasteiger partial charge < -0.3 is 5.32 Å². The summed E-state index contributed by atoms with van der Waals surface area (Å²) in [5, 5.41) is 7.45. The average molecular weight is 180 g/mol. The average Bonchev–Trinajstić information content (AvgIpc) is 2.47. The highest BCUT2D eigenvalue weighted by Crippen LogP contribution is 2.30. The summed E-state index contributed by atoms with van der Waals surface area (Å²) in [6, 6.07) is 0. The second-order valence-corrected chi connectivity index (χ2v) is 4.71. The lowest BCUT2D eigenvalue weighted by atomic mass is 9.80. The van der Waals surface area contributed by atoms with Crippen molar-refractivity contribution < 1.29 is 0 Å². The summed E-state index contributed by atoms with van der Waals surface area (Å²) in [4.78, 5) is 4.11. The van der Waals surface area contributed by atoms with Crippen LogP contribution in [0.3, 0.4) is 0 Å². The van der Waals surface area contributed by atoms with E-state index in [1.807, 2.05) is 4.68 Å². The fourth-order valence-electron chi connectivity index (χ4n) is 1.60. The number of anilines is 1. The van der Waals surface area contributed by atoms with E-state index >= 15 is 0 Å². The Bertz CT molecular complexity index is 297. The van der Waals surface area contributed by atoms with Crippen LogP contribution in [-0.2, 0) is 6.54 Å². The molecule has 1 aromatic heterocycles. The number of fused-ring (bicyclic) bond motifs is 1. The van der Waals surface area contributed by atoms with E-state index in [-0.39, 0.29) is 0 Å². The van der Waals surface area contributed by atoms with Crippen LogP contribution in [0.4, 0.5) is 5.95 Å². The molecule has 2 rings (SSSR count). The summed E-state index contributed by atoms with van der Waals surface area (Å²) < 4.78 is 1.94. The molecule has 0 bridgehead atoms. The molecule has 1 aliphatic rings. The Morgan fingerprint density at radius 1 is 1.54 bits per heavy atom. The zero-order chi connectivity index (χ0) is 9.47. The smallest absolute Gasteiger partial charge is 0.221 e. The van der Waals surface area contributed by atoms with Gasteiger partial charge in [0.1, 0.15) is 6.33 Å². The van der Waals surface area contributed by atoms with Gasteiger partial charge in [-0.25, -0.2) is 4.68 Å². The van der Waals surface area contributed by atoms with E-state index in [9.17, 15) is 0 Å². The Hall–Kier alpha value is -1.06. The van der Waals surface area contributed by atoms with E-state index in [2.05, 4.69) is 36.2 Å². The Labute approximate surface area is 78.4 Å². The molecule has 1 aromatic rings. The maximum Gasteiger partial charge on any atom is 0.221 e. The van der Waals surface area contributed by atoms with E-state index in [1.165, 1.54) is 0 Å². The van der Waals surface area contributed by atoms with Gasteiger partial charge in [0.25, 0.3) is 0 Å². The third kappa shape index (κ3) is 1.53. The predicted molar refractivity (Wildman–Crippen MR) is 51.5 cm³/mol. The topological polar surface area (TPSA) is 42.7 Å². The lowest BCUT2D eigenvalue weighted by Gasteiger charge is -2.34. The second kappa shape index (κ2) is 2.72. The van der Waals surface area contributed by atoms with Gasteiger partial charge >= 0.3 is 0 Å². The van der Waals surface area contributed by atoms with Crippen LogP contribution in [0.1, 0.15) is 20.8 Å². The highest BCUT2D eigenvalue weighted by atomic mass is 15.4. The van der Waals surface area contributed by atoms with E-state index < -0.39 is 0 Å². The summed E-state index contributed by atoms with van der Waals surface area (Å²) in [5.41, 5.74) is 0.330. The Morgan fingerprint density at radius 3 is 3.00 bits per heavy atom. The van der Waals surface area contributed by atoms with Crippen molar-refractivity contribution in [2.45, 2.75) is 27.3 Å². The molecule has 0 radical (unpaired) electrons. The molecule has 1 unspecified atom stereocenters. The number of rotatable bonds is 0. The molecular formula is C9H16N4. The van der Waals surface area contributed by atoms with E-state index in [1.54, 1.807) is 6.33 Å². The quantitative estimate of drug-likeness (QED) is 0.655. The first-order valence-corrected chi connectivity index (χ1v) is 4.69. The van der Waals surface area contributed by atoms with Gasteiger partial charge in [0.2, 0.25) is 5.95 Å². The van der Waals surface area contributed by atoms with Crippen LogP contribution >= 0.6 is 0 Å². The monoisotopic (exact) mass is 180 g/mol. The molecule has 0 saturated carbocycles. The SMILES string of the molecule is CC(C)(C)C1CNc2ncnn2C1. The molecule has 0 amide bonds. The fourth-order valence-corrected chi connectivity index (χ4v) is 1.60. The fraction of sp³-hybridized carbons (Fsp3) is 0.778. The molecule has 0 fully saturated rings. The molecule has 1 aliphatic heterocycles. The summed E-state index contributed by atoms with van der Waals surface area (Å²) >= 11 is 0. The molecule has 2 heterocycles. The molecule has 4 heteroatoms. The van der Waals surface area contributed by atoms with E-state index in [0.29, 0.717) is 11.3 Å². The molecule has 0 aromatic carbocycles. The van der Waals surface area contributed by atoms with Gasteiger partial charge in [-0.05, 0) is 5.41 Å². The normalized spacial score (nSPS) is 22.2. The molecule has 0 aliphatic carbocycles. The van der Waals surface area contributed by atoms with Gasteiger partial charge in [0.15, 0.2) is 0 Å². The largest absolute Gasteiger partial charge is 0.354 e. The Kier molecular flexibility index (Phi) is 1.78. The summed E-state index contributed by atoms with van der Waals surface area (Å²) in [6.07, 6.45) is 1.60. The lowest BCUT2D eigenvalue weighted by molar-refractivity contribution is 0.208. The highest BCUT2D eigenvalue weighted by Gasteiger charge is 2.29. The van der Waals surface area contributed by atoms with Crippen molar-refractivity contribution in [1.82, 2.24) is 14.8 Å². The van der Waals surface area contributed by atoms with Crippen LogP contribution in [0.2, 0.25) is 0 Å². The van der Waals surface area contributed by atoms with Gasteiger partial charge in [-0.3, -0.25) is 0 Å². The van der Waals surface area contributed by atoms with E-state index in [4.69, 9.17) is 0 Å². The summed E-state index contributed by atoms with van der Waals surface area (Å²) in [6.45, 7) is 8.78. The number of aromatic nitrogens is 3. The van der Waals surface area contributed by atoms with Crippen molar-refractivity contribution in [2.75, 3.05) is 11.9 Å². The zero-order valence-corrected chi connectivity index (χ0v) is 8.41.